The number of esters is 1. The SMILES string of the molecule is CCCNCc1ccc(OC(CCC)C(=O)OCC)cc1. The molecule has 1 atom stereocenters. The Bertz CT molecular complexity index is 403. The fourth-order valence-electron chi connectivity index (χ4n) is 1.98. The summed E-state index contributed by atoms with van der Waals surface area (Å²) >= 11 is 0. The minimum atomic E-state index is -0.515. The number of ether oxygens (including phenoxy) is 2. The second kappa shape index (κ2) is 10.2. The highest BCUT2D eigenvalue weighted by Gasteiger charge is 2.20. The van der Waals surface area contributed by atoms with Gasteiger partial charge in [-0.3, -0.25) is 0 Å². The lowest BCUT2D eigenvalue weighted by Crippen LogP contribution is -2.29. The molecular weight excluding hydrogens is 266 g/mol. The third-order valence-corrected chi connectivity index (χ3v) is 3.06. The smallest absolute Gasteiger partial charge is 0.347 e. The van der Waals surface area contributed by atoms with E-state index in [-0.39, 0.29) is 5.97 Å². The van der Waals surface area contributed by atoms with Crippen LogP contribution in [-0.2, 0) is 16.1 Å². The first-order valence-corrected chi connectivity index (χ1v) is 7.84. The number of carbonyl (C=O) groups is 1. The summed E-state index contributed by atoms with van der Waals surface area (Å²) in [7, 11) is 0. The van der Waals surface area contributed by atoms with Crippen molar-refractivity contribution in [3.8, 4) is 5.75 Å². The van der Waals surface area contributed by atoms with Gasteiger partial charge in [-0.15, -0.1) is 0 Å². The molecule has 4 heteroatoms. The molecule has 4 nitrogen and oxygen atoms in total. The van der Waals surface area contributed by atoms with E-state index in [0.717, 1.165) is 25.9 Å². The lowest BCUT2D eigenvalue weighted by atomic mass is 10.2. The van der Waals surface area contributed by atoms with Crippen molar-refractivity contribution in [3.05, 3.63) is 29.8 Å². The average molecular weight is 293 g/mol. The molecule has 0 aliphatic rings. The highest BCUT2D eigenvalue weighted by atomic mass is 16.6. The van der Waals surface area contributed by atoms with E-state index in [0.29, 0.717) is 18.8 Å². The molecule has 1 rings (SSSR count). The predicted octanol–water partition coefficient (Wildman–Crippen LogP) is 3.30. The van der Waals surface area contributed by atoms with Crippen LogP contribution in [0.15, 0.2) is 24.3 Å². The Morgan fingerprint density at radius 3 is 2.43 bits per heavy atom. The van der Waals surface area contributed by atoms with Gasteiger partial charge in [0.1, 0.15) is 5.75 Å². The van der Waals surface area contributed by atoms with Gasteiger partial charge in [0.25, 0.3) is 0 Å². The Hall–Kier alpha value is -1.55. The maximum Gasteiger partial charge on any atom is 0.347 e. The monoisotopic (exact) mass is 293 g/mol. The zero-order chi connectivity index (χ0) is 15.5. The van der Waals surface area contributed by atoms with Crippen LogP contribution >= 0.6 is 0 Å². The minimum absolute atomic E-state index is 0.284. The van der Waals surface area contributed by atoms with Gasteiger partial charge in [0, 0.05) is 6.54 Å². The van der Waals surface area contributed by atoms with Crippen molar-refractivity contribution < 1.29 is 14.3 Å². The summed E-state index contributed by atoms with van der Waals surface area (Å²) in [6, 6.07) is 7.86. The number of benzene rings is 1. The molecule has 0 radical (unpaired) electrons. The topological polar surface area (TPSA) is 47.6 Å². The second-order valence-electron chi connectivity index (χ2n) is 4.97. The molecule has 0 amide bonds. The zero-order valence-corrected chi connectivity index (χ0v) is 13.4. The number of carbonyl (C=O) groups excluding carboxylic acids is 1. The summed E-state index contributed by atoms with van der Waals surface area (Å²) in [6.45, 7) is 8.22. The van der Waals surface area contributed by atoms with Crippen molar-refractivity contribution >= 4 is 5.97 Å². The summed E-state index contributed by atoms with van der Waals surface area (Å²) in [5.74, 6) is 0.425. The van der Waals surface area contributed by atoms with Crippen molar-refractivity contribution in [2.24, 2.45) is 0 Å². The minimum Gasteiger partial charge on any atom is -0.479 e. The molecule has 1 N–H and O–H groups in total. The number of hydrogen-bond acceptors (Lipinski definition) is 4. The highest BCUT2D eigenvalue weighted by molar-refractivity contribution is 5.75. The lowest BCUT2D eigenvalue weighted by molar-refractivity contribution is -0.151. The van der Waals surface area contributed by atoms with E-state index >= 15 is 0 Å². The van der Waals surface area contributed by atoms with E-state index in [1.54, 1.807) is 6.92 Å². The molecule has 0 fully saturated rings. The Labute approximate surface area is 127 Å². The first kappa shape index (κ1) is 17.5. The normalized spacial score (nSPS) is 12.0. The summed E-state index contributed by atoms with van der Waals surface area (Å²) in [4.78, 5) is 11.8. The van der Waals surface area contributed by atoms with E-state index < -0.39 is 6.10 Å². The molecule has 0 heterocycles. The van der Waals surface area contributed by atoms with Gasteiger partial charge < -0.3 is 14.8 Å². The van der Waals surface area contributed by atoms with Gasteiger partial charge in [-0.1, -0.05) is 32.4 Å². The van der Waals surface area contributed by atoms with Gasteiger partial charge in [0.2, 0.25) is 0 Å². The van der Waals surface area contributed by atoms with Crippen LogP contribution in [0.5, 0.6) is 5.75 Å². The molecule has 0 aromatic heterocycles. The molecule has 0 spiro atoms. The summed E-state index contributed by atoms with van der Waals surface area (Å²) in [5.41, 5.74) is 1.21. The summed E-state index contributed by atoms with van der Waals surface area (Å²) in [6.07, 6.45) is 2.15. The molecule has 0 saturated carbocycles. The van der Waals surface area contributed by atoms with Gasteiger partial charge in [-0.05, 0) is 44.0 Å². The van der Waals surface area contributed by atoms with Crippen LogP contribution in [0.1, 0.15) is 45.6 Å². The van der Waals surface area contributed by atoms with Crippen molar-refractivity contribution in [1.29, 1.82) is 0 Å². The van der Waals surface area contributed by atoms with Gasteiger partial charge in [-0.2, -0.15) is 0 Å². The Kier molecular flexibility index (Phi) is 8.51. The fraction of sp³-hybridized carbons (Fsp3) is 0.588. The third-order valence-electron chi connectivity index (χ3n) is 3.06. The largest absolute Gasteiger partial charge is 0.479 e. The van der Waals surface area contributed by atoms with Crippen LogP contribution in [0.3, 0.4) is 0 Å². The molecule has 1 aromatic carbocycles. The fourth-order valence-corrected chi connectivity index (χ4v) is 1.98. The highest BCUT2D eigenvalue weighted by Crippen LogP contribution is 2.16. The van der Waals surface area contributed by atoms with Crippen molar-refractivity contribution in [3.63, 3.8) is 0 Å². The van der Waals surface area contributed by atoms with Gasteiger partial charge in [-0.25, -0.2) is 4.79 Å². The quantitative estimate of drug-likeness (QED) is 0.531. The van der Waals surface area contributed by atoms with Gasteiger partial charge in [0.15, 0.2) is 6.10 Å². The van der Waals surface area contributed by atoms with Gasteiger partial charge >= 0.3 is 5.97 Å². The molecule has 0 aliphatic carbocycles. The molecular formula is C17H27NO3. The van der Waals surface area contributed by atoms with Gasteiger partial charge in [0.05, 0.1) is 6.61 Å². The number of nitrogens with one attached hydrogen (secondary N) is 1. The van der Waals surface area contributed by atoms with E-state index in [1.165, 1.54) is 5.56 Å². The molecule has 1 aromatic rings. The van der Waals surface area contributed by atoms with E-state index in [9.17, 15) is 4.79 Å². The summed E-state index contributed by atoms with van der Waals surface area (Å²) in [5, 5.41) is 3.35. The third kappa shape index (κ3) is 6.63. The lowest BCUT2D eigenvalue weighted by Gasteiger charge is -2.17. The number of hydrogen-bond donors (Lipinski definition) is 1. The maximum absolute atomic E-state index is 11.8. The second-order valence-corrected chi connectivity index (χ2v) is 4.97. The summed E-state index contributed by atoms with van der Waals surface area (Å²) < 4.78 is 10.8. The number of rotatable bonds is 10. The van der Waals surface area contributed by atoms with Crippen LogP contribution in [0.25, 0.3) is 0 Å². The van der Waals surface area contributed by atoms with Crippen molar-refractivity contribution in [2.75, 3.05) is 13.2 Å². The maximum atomic E-state index is 11.8. The first-order valence-electron chi connectivity index (χ1n) is 7.84. The Morgan fingerprint density at radius 2 is 1.86 bits per heavy atom. The van der Waals surface area contributed by atoms with E-state index in [1.807, 2.05) is 31.2 Å². The molecule has 21 heavy (non-hydrogen) atoms. The Balaban J connectivity index is 2.56. The molecule has 0 bridgehead atoms. The molecule has 0 aliphatic heterocycles. The van der Waals surface area contributed by atoms with Crippen molar-refractivity contribution in [1.82, 2.24) is 5.32 Å². The molecule has 1 unspecified atom stereocenters. The predicted molar refractivity (Wildman–Crippen MR) is 84.4 cm³/mol. The standard InChI is InChI=1S/C17H27NO3/c1-4-7-16(17(19)20-6-3)21-15-10-8-14(9-11-15)13-18-12-5-2/h8-11,16,18H,4-7,12-13H2,1-3H3. The van der Waals surface area contributed by atoms with E-state index in [4.69, 9.17) is 9.47 Å². The van der Waals surface area contributed by atoms with Crippen molar-refractivity contribution in [2.45, 2.75) is 52.7 Å². The average Bonchev–Trinajstić information content (AvgIpc) is 2.49. The van der Waals surface area contributed by atoms with Crippen LogP contribution in [-0.4, -0.2) is 25.2 Å². The van der Waals surface area contributed by atoms with Crippen LogP contribution < -0.4 is 10.1 Å². The Morgan fingerprint density at radius 1 is 1.14 bits per heavy atom. The first-order chi connectivity index (χ1) is 10.2. The van der Waals surface area contributed by atoms with Crippen LogP contribution in [0, 0.1) is 0 Å². The van der Waals surface area contributed by atoms with E-state index in [2.05, 4.69) is 12.2 Å². The molecule has 118 valence electrons. The van der Waals surface area contributed by atoms with Crippen LogP contribution in [0.2, 0.25) is 0 Å². The van der Waals surface area contributed by atoms with Crippen LogP contribution in [0.4, 0.5) is 0 Å². The molecule has 0 saturated heterocycles. The zero-order valence-electron chi connectivity index (χ0n) is 13.4.